The molecule has 0 aliphatic carbocycles. The zero-order chi connectivity index (χ0) is 13.7. The van der Waals surface area contributed by atoms with E-state index in [4.69, 9.17) is 4.74 Å². The van der Waals surface area contributed by atoms with Gasteiger partial charge in [-0.15, -0.1) is 0 Å². The van der Waals surface area contributed by atoms with Crippen molar-refractivity contribution in [3.05, 3.63) is 59.4 Å². The van der Waals surface area contributed by atoms with E-state index in [9.17, 15) is 8.78 Å². The number of nitrogens with zero attached hydrogens (tertiary/aromatic N) is 1. The van der Waals surface area contributed by atoms with Gasteiger partial charge < -0.3 is 9.72 Å². The van der Waals surface area contributed by atoms with E-state index in [1.54, 1.807) is 0 Å². The van der Waals surface area contributed by atoms with Crippen molar-refractivity contribution in [1.82, 2.24) is 9.97 Å². The van der Waals surface area contributed by atoms with Crippen molar-refractivity contribution >= 4 is 11.0 Å². The summed E-state index contributed by atoms with van der Waals surface area (Å²) in [5.41, 5.74) is 1.57. The van der Waals surface area contributed by atoms with Gasteiger partial charge in [0, 0.05) is 12.5 Å². The van der Waals surface area contributed by atoms with E-state index < -0.39 is 11.6 Å². The lowest BCUT2D eigenvalue weighted by Gasteiger charge is -2.06. The molecule has 3 aromatic rings. The Hall–Kier alpha value is -2.43. The van der Waals surface area contributed by atoms with Crippen LogP contribution in [-0.2, 0) is 6.42 Å². The fourth-order valence-corrected chi connectivity index (χ4v) is 2.55. The first-order valence-electron chi connectivity index (χ1n) is 6.30. The Kier molecular flexibility index (Phi) is 2.30. The van der Waals surface area contributed by atoms with Gasteiger partial charge in [0.05, 0.1) is 5.52 Å². The van der Waals surface area contributed by atoms with E-state index in [1.165, 1.54) is 6.07 Å². The van der Waals surface area contributed by atoms with Crippen LogP contribution in [0.5, 0.6) is 5.75 Å². The molecule has 1 N–H and O–H groups in total. The van der Waals surface area contributed by atoms with E-state index in [0.717, 1.165) is 17.4 Å². The minimum Gasteiger partial charge on any atom is -0.482 e. The largest absolute Gasteiger partial charge is 0.482 e. The van der Waals surface area contributed by atoms with Gasteiger partial charge in [-0.3, -0.25) is 0 Å². The van der Waals surface area contributed by atoms with Gasteiger partial charge in [-0.1, -0.05) is 18.2 Å². The van der Waals surface area contributed by atoms with Gasteiger partial charge in [0.2, 0.25) is 0 Å². The molecule has 1 atom stereocenters. The SMILES string of the molecule is Fc1cc(F)c2nc(C3Cc4ccccc4O3)[nH]c2c1. The highest BCUT2D eigenvalue weighted by atomic mass is 19.1. The molecule has 100 valence electrons. The third-order valence-electron chi connectivity index (χ3n) is 3.48. The molecule has 1 aliphatic heterocycles. The van der Waals surface area contributed by atoms with Crippen LogP contribution in [0.2, 0.25) is 0 Å². The van der Waals surface area contributed by atoms with Crippen LogP contribution in [0.3, 0.4) is 0 Å². The van der Waals surface area contributed by atoms with Crippen LogP contribution in [0.1, 0.15) is 17.5 Å². The molecule has 0 spiro atoms. The number of benzene rings is 2. The number of hydrogen-bond donors (Lipinski definition) is 1. The second kappa shape index (κ2) is 4.03. The number of ether oxygens (including phenoxy) is 1. The van der Waals surface area contributed by atoms with Crippen LogP contribution in [0.15, 0.2) is 36.4 Å². The molecule has 0 amide bonds. The lowest BCUT2D eigenvalue weighted by molar-refractivity contribution is 0.229. The molecule has 1 aromatic heterocycles. The number of rotatable bonds is 1. The van der Waals surface area contributed by atoms with E-state index >= 15 is 0 Å². The molecule has 0 fully saturated rings. The maximum absolute atomic E-state index is 13.6. The maximum Gasteiger partial charge on any atom is 0.160 e. The van der Waals surface area contributed by atoms with Crippen molar-refractivity contribution in [2.45, 2.75) is 12.5 Å². The number of nitrogens with one attached hydrogen (secondary N) is 1. The number of para-hydroxylation sites is 1. The van der Waals surface area contributed by atoms with Gasteiger partial charge in [0.25, 0.3) is 0 Å². The quantitative estimate of drug-likeness (QED) is 0.736. The number of hydrogen-bond acceptors (Lipinski definition) is 2. The zero-order valence-electron chi connectivity index (χ0n) is 10.4. The monoisotopic (exact) mass is 272 g/mol. The highest BCUT2D eigenvalue weighted by molar-refractivity contribution is 5.75. The Labute approximate surface area is 113 Å². The Balaban J connectivity index is 1.76. The molecule has 0 radical (unpaired) electrons. The van der Waals surface area contributed by atoms with Crippen LogP contribution < -0.4 is 4.74 Å². The summed E-state index contributed by atoms with van der Waals surface area (Å²) in [6, 6.07) is 9.78. The van der Waals surface area contributed by atoms with Crippen LogP contribution in [0, 0.1) is 11.6 Å². The lowest BCUT2D eigenvalue weighted by atomic mass is 10.1. The zero-order valence-corrected chi connectivity index (χ0v) is 10.4. The molecule has 1 unspecified atom stereocenters. The van der Waals surface area contributed by atoms with Gasteiger partial charge in [0.1, 0.15) is 22.9 Å². The summed E-state index contributed by atoms with van der Waals surface area (Å²) in [5, 5.41) is 0. The molecule has 3 nitrogen and oxygen atoms in total. The molecule has 0 saturated carbocycles. The summed E-state index contributed by atoms with van der Waals surface area (Å²) in [5.74, 6) is 0.0316. The second-order valence-corrected chi connectivity index (χ2v) is 4.82. The van der Waals surface area contributed by atoms with Crippen LogP contribution >= 0.6 is 0 Å². The highest BCUT2D eigenvalue weighted by Crippen LogP contribution is 2.36. The van der Waals surface area contributed by atoms with Crippen LogP contribution in [0.25, 0.3) is 11.0 Å². The fourth-order valence-electron chi connectivity index (χ4n) is 2.55. The van der Waals surface area contributed by atoms with Crippen LogP contribution in [-0.4, -0.2) is 9.97 Å². The predicted molar refractivity (Wildman–Crippen MR) is 69.5 cm³/mol. The minimum absolute atomic E-state index is 0.140. The average Bonchev–Trinajstić information content (AvgIpc) is 3.01. The first-order valence-corrected chi connectivity index (χ1v) is 6.30. The Morgan fingerprint density at radius 3 is 2.90 bits per heavy atom. The topological polar surface area (TPSA) is 37.9 Å². The van der Waals surface area contributed by atoms with Crippen molar-refractivity contribution in [3.8, 4) is 5.75 Å². The molecule has 0 bridgehead atoms. The summed E-state index contributed by atoms with van der Waals surface area (Å²) in [4.78, 5) is 7.13. The summed E-state index contributed by atoms with van der Waals surface area (Å²) >= 11 is 0. The number of aromatic amines is 1. The fraction of sp³-hybridized carbons (Fsp3) is 0.133. The summed E-state index contributed by atoms with van der Waals surface area (Å²) < 4.78 is 32.6. The van der Waals surface area contributed by atoms with E-state index in [-0.39, 0.29) is 11.6 Å². The van der Waals surface area contributed by atoms with E-state index in [1.807, 2.05) is 24.3 Å². The number of H-pyrrole nitrogens is 1. The molecule has 4 rings (SSSR count). The summed E-state index contributed by atoms with van der Waals surface area (Å²) in [6.45, 7) is 0. The molecular formula is C15H10F2N2O. The van der Waals surface area contributed by atoms with E-state index in [2.05, 4.69) is 9.97 Å². The molecule has 20 heavy (non-hydrogen) atoms. The van der Waals surface area contributed by atoms with Crippen molar-refractivity contribution in [3.63, 3.8) is 0 Å². The molecule has 2 aromatic carbocycles. The maximum atomic E-state index is 13.6. The normalized spacial score (nSPS) is 17.2. The van der Waals surface area contributed by atoms with Gasteiger partial charge >= 0.3 is 0 Å². The smallest absolute Gasteiger partial charge is 0.160 e. The average molecular weight is 272 g/mol. The number of halogens is 2. The van der Waals surface area contributed by atoms with Crippen molar-refractivity contribution < 1.29 is 13.5 Å². The number of aromatic nitrogens is 2. The predicted octanol–water partition coefficient (Wildman–Crippen LogP) is 3.52. The van der Waals surface area contributed by atoms with E-state index in [0.29, 0.717) is 17.8 Å². The number of imidazole rings is 1. The van der Waals surface area contributed by atoms with Gasteiger partial charge in [0.15, 0.2) is 11.9 Å². The molecule has 0 saturated heterocycles. The Bertz CT molecular complexity index is 788. The second-order valence-electron chi connectivity index (χ2n) is 4.82. The van der Waals surface area contributed by atoms with Gasteiger partial charge in [-0.25, -0.2) is 13.8 Å². The third kappa shape index (κ3) is 1.66. The van der Waals surface area contributed by atoms with Crippen molar-refractivity contribution in [2.75, 3.05) is 0 Å². The Morgan fingerprint density at radius 1 is 1.20 bits per heavy atom. The summed E-state index contributed by atoms with van der Waals surface area (Å²) in [6.07, 6.45) is 0.377. The lowest BCUT2D eigenvalue weighted by Crippen LogP contribution is -2.05. The summed E-state index contributed by atoms with van der Waals surface area (Å²) in [7, 11) is 0. The molecular weight excluding hydrogens is 262 g/mol. The minimum atomic E-state index is -0.669. The standard InChI is InChI=1S/C15H10F2N2O/c16-9-6-10(17)14-11(7-9)18-15(19-14)13-5-8-3-1-2-4-12(8)20-13/h1-4,6-7,13H,5H2,(H,18,19). The molecule has 2 heterocycles. The first-order chi connectivity index (χ1) is 9.70. The van der Waals surface area contributed by atoms with Gasteiger partial charge in [-0.2, -0.15) is 0 Å². The van der Waals surface area contributed by atoms with Crippen molar-refractivity contribution in [1.29, 1.82) is 0 Å². The third-order valence-corrected chi connectivity index (χ3v) is 3.48. The van der Waals surface area contributed by atoms with Crippen LogP contribution in [0.4, 0.5) is 8.78 Å². The Morgan fingerprint density at radius 2 is 2.05 bits per heavy atom. The van der Waals surface area contributed by atoms with Crippen molar-refractivity contribution in [2.24, 2.45) is 0 Å². The molecule has 1 aliphatic rings. The first kappa shape index (κ1) is 11.4. The highest BCUT2D eigenvalue weighted by Gasteiger charge is 2.27. The van der Waals surface area contributed by atoms with Gasteiger partial charge in [-0.05, 0) is 17.7 Å². The molecule has 5 heteroatoms. The number of fused-ring (bicyclic) bond motifs is 2.